The lowest BCUT2D eigenvalue weighted by Crippen LogP contribution is -2.07. The molecule has 92 valence electrons. The fourth-order valence-electron chi connectivity index (χ4n) is 1.57. The molecule has 0 amide bonds. The van der Waals surface area contributed by atoms with Crippen LogP contribution in [0, 0.1) is 18.3 Å². The molecule has 1 atom stereocenters. The fourth-order valence-corrected chi connectivity index (χ4v) is 2.06. The third-order valence-corrected chi connectivity index (χ3v) is 3.14. The van der Waals surface area contributed by atoms with Gasteiger partial charge in [-0.05, 0) is 48.0 Å². The first kappa shape index (κ1) is 12.7. The first-order valence-corrected chi connectivity index (χ1v) is 6.28. The highest BCUT2D eigenvalue weighted by Gasteiger charge is 2.12. The van der Waals surface area contributed by atoms with Crippen molar-refractivity contribution in [3.63, 3.8) is 0 Å². The van der Waals surface area contributed by atoms with Gasteiger partial charge in [0.2, 0.25) is 5.89 Å². The minimum atomic E-state index is -0.0389. The Morgan fingerprint density at radius 2 is 2.28 bits per heavy atom. The maximum Gasteiger partial charge on any atom is 0.216 e. The lowest BCUT2D eigenvalue weighted by molar-refractivity contribution is 0.453. The standard InChI is InChI=1S/C13H12BrN3O/c1-8-7-16-13(18-8)9(2)17-12-4-3-10(6-15)5-11(12)14/h3-5,7,9,17H,1-2H3. The summed E-state index contributed by atoms with van der Waals surface area (Å²) in [5.74, 6) is 1.43. The van der Waals surface area contributed by atoms with E-state index in [1.165, 1.54) is 0 Å². The second-order valence-corrected chi connectivity index (χ2v) is 4.84. The average Bonchev–Trinajstić information content (AvgIpc) is 2.78. The van der Waals surface area contributed by atoms with E-state index in [1.54, 1.807) is 18.3 Å². The molecule has 4 nitrogen and oxygen atoms in total. The summed E-state index contributed by atoms with van der Waals surface area (Å²) in [4.78, 5) is 4.18. The number of rotatable bonds is 3. The van der Waals surface area contributed by atoms with Crippen LogP contribution in [0.3, 0.4) is 0 Å². The SMILES string of the molecule is Cc1cnc(C(C)Nc2ccc(C#N)cc2Br)o1. The number of halogens is 1. The summed E-state index contributed by atoms with van der Waals surface area (Å²) >= 11 is 3.43. The van der Waals surface area contributed by atoms with Crippen molar-refractivity contribution in [2.75, 3.05) is 5.32 Å². The van der Waals surface area contributed by atoms with E-state index in [-0.39, 0.29) is 6.04 Å². The molecule has 0 radical (unpaired) electrons. The Balaban J connectivity index is 2.17. The van der Waals surface area contributed by atoms with Crippen LogP contribution in [0.1, 0.15) is 30.2 Å². The summed E-state index contributed by atoms with van der Waals surface area (Å²) in [5.41, 5.74) is 1.52. The maximum atomic E-state index is 8.80. The van der Waals surface area contributed by atoms with Gasteiger partial charge < -0.3 is 9.73 Å². The minimum Gasteiger partial charge on any atom is -0.444 e. The summed E-state index contributed by atoms with van der Waals surface area (Å²) < 4.78 is 6.31. The number of nitriles is 1. The van der Waals surface area contributed by atoms with E-state index in [4.69, 9.17) is 9.68 Å². The quantitative estimate of drug-likeness (QED) is 0.937. The third-order valence-electron chi connectivity index (χ3n) is 2.48. The molecule has 0 aliphatic carbocycles. The zero-order valence-corrected chi connectivity index (χ0v) is 11.7. The van der Waals surface area contributed by atoms with Gasteiger partial charge in [0.15, 0.2) is 0 Å². The Bertz CT molecular complexity index is 601. The highest BCUT2D eigenvalue weighted by atomic mass is 79.9. The van der Waals surface area contributed by atoms with E-state index < -0.39 is 0 Å². The number of anilines is 1. The zero-order valence-electron chi connectivity index (χ0n) is 10.1. The Hall–Kier alpha value is -1.80. The Morgan fingerprint density at radius 1 is 1.50 bits per heavy atom. The lowest BCUT2D eigenvalue weighted by atomic mass is 10.2. The lowest BCUT2D eigenvalue weighted by Gasteiger charge is -2.13. The number of oxazole rings is 1. The first-order chi connectivity index (χ1) is 8.60. The number of aromatic nitrogens is 1. The van der Waals surface area contributed by atoms with Gasteiger partial charge in [0.05, 0.1) is 17.8 Å². The summed E-state index contributed by atoms with van der Waals surface area (Å²) in [6.07, 6.45) is 1.70. The molecule has 1 aromatic heterocycles. The van der Waals surface area contributed by atoms with E-state index in [9.17, 15) is 0 Å². The molecule has 0 fully saturated rings. The van der Waals surface area contributed by atoms with E-state index in [2.05, 4.69) is 32.3 Å². The van der Waals surface area contributed by atoms with Crippen molar-refractivity contribution in [2.45, 2.75) is 19.9 Å². The van der Waals surface area contributed by atoms with Gasteiger partial charge in [-0.1, -0.05) is 0 Å². The van der Waals surface area contributed by atoms with Crippen molar-refractivity contribution in [1.82, 2.24) is 4.98 Å². The van der Waals surface area contributed by atoms with Crippen molar-refractivity contribution in [3.8, 4) is 6.07 Å². The van der Waals surface area contributed by atoms with Crippen LogP contribution in [0.15, 0.2) is 33.3 Å². The summed E-state index contributed by atoms with van der Waals surface area (Å²) in [6, 6.07) is 7.45. The average molecular weight is 306 g/mol. The predicted octanol–water partition coefficient (Wildman–Crippen LogP) is 3.79. The van der Waals surface area contributed by atoms with E-state index >= 15 is 0 Å². The molecule has 18 heavy (non-hydrogen) atoms. The molecule has 0 saturated heterocycles. The third kappa shape index (κ3) is 2.71. The molecule has 1 N–H and O–H groups in total. The van der Waals surface area contributed by atoms with E-state index in [0.717, 1.165) is 15.9 Å². The van der Waals surface area contributed by atoms with Gasteiger partial charge in [0.1, 0.15) is 11.8 Å². The van der Waals surface area contributed by atoms with Crippen molar-refractivity contribution in [3.05, 3.63) is 46.1 Å². The number of benzene rings is 1. The van der Waals surface area contributed by atoms with Crippen LogP contribution < -0.4 is 5.32 Å². The maximum absolute atomic E-state index is 8.80. The molecular weight excluding hydrogens is 294 g/mol. The number of nitrogens with one attached hydrogen (secondary N) is 1. The summed E-state index contributed by atoms with van der Waals surface area (Å²) in [6.45, 7) is 3.83. The van der Waals surface area contributed by atoms with Crippen LogP contribution in [-0.4, -0.2) is 4.98 Å². The molecule has 0 aliphatic heterocycles. The van der Waals surface area contributed by atoms with Crippen molar-refractivity contribution < 1.29 is 4.42 Å². The topological polar surface area (TPSA) is 61.9 Å². The van der Waals surface area contributed by atoms with Crippen molar-refractivity contribution in [1.29, 1.82) is 5.26 Å². The van der Waals surface area contributed by atoms with Crippen LogP contribution >= 0.6 is 15.9 Å². The monoisotopic (exact) mass is 305 g/mol. The van der Waals surface area contributed by atoms with Gasteiger partial charge >= 0.3 is 0 Å². The predicted molar refractivity (Wildman–Crippen MR) is 72.1 cm³/mol. The molecule has 0 spiro atoms. The number of aryl methyl sites for hydroxylation is 1. The molecule has 2 aromatic rings. The Labute approximate surface area is 114 Å². The van der Waals surface area contributed by atoms with Crippen LogP contribution in [0.5, 0.6) is 0 Å². The zero-order chi connectivity index (χ0) is 13.1. The Kier molecular flexibility index (Phi) is 3.68. The van der Waals surface area contributed by atoms with Gasteiger partial charge in [0, 0.05) is 10.2 Å². The van der Waals surface area contributed by atoms with Gasteiger partial charge in [-0.2, -0.15) is 5.26 Å². The smallest absolute Gasteiger partial charge is 0.216 e. The van der Waals surface area contributed by atoms with Crippen molar-refractivity contribution >= 4 is 21.6 Å². The fraction of sp³-hybridized carbons (Fsp3) is 0.231. The highest BCUT2D eigenvalue weighted by Crippen LogP contribution is 2.27. The second kappa shape index (κ2) is 5.23. The number of hydrogen-bond donors (Lipinski definition) is 1. The van der Waals surface area contributed by atoms with E-state index in [0.29, 0.717) is 11.5 Å². The summed E-state index contributed by atoms with van der Waals surface area (Å²) in [7, 11) is 0. The molecule has 1 heterocycles. The molecule has 1 aromatic carbocycles. The first-order valence-electron chi connectivity index (χ1n) is 5.48. The summed E-state index contributed by atoms with van der Waals surface area (Å²) in [5, 5.41) is 12.1. The van der Waals surface area contributed by atoms with E-state index in [1.807, 2.05) is 19.9 Å². The van der Waals surface area contributed by atoms with Crippen LogP contribution in [0.4, 0.5) is 5.69 Å². The molecular formula is C13H12BrN3O. The van der Waals surface area contributed by atoms with Gasteiger partial charge in [-0.3, -0.25) is 0 Å². The molecule has 1 unspecified atom stereocenters. The second-order valence-electron chi connectivity index (χ2n) is 3.98. The van der Waals surface area contributed by atoms with Crippen LogP contribution in [0.2, 0.25) is 0 Å². The molecule has 0 bridgehead atoms. The van der Waals surface area contributed by atoms with Crippen LogP contribution in [-0.2, 0) is 0 Å². The molecule has 0 saturated carbocycles. The largest absolute Gasteiger partial charge is 0.444 e. The molecule has 5 heteroatoms. The normalized spacial score (nSPS) is 11.9. The highest BCUT2D eigenvalue weighted by molar-refractivity contribution is 9.10. The minimum absolute atomic E-state index is 0.0389. The van der Waals surface area contributed by atoms with Crippen molar-refractivity contribution in [2.24, 2.45) is 0 Å². The number of hydrogen-bond acceptors (Lipinski definition) is 4. The Morgan fingerprint density at radius 3 is 2.83 bits per heavy atom. The van der Waals surface area contributed by atoms with Gasteiger partial charge in [-0.25, -0.2) is 4.98 Å². The van der Waals surface area contributed by atoms with Gasteiger partial charge in [-0.15, -0.1) is 0 Å². The number of nitrogens with zero attached hydrogens (tertiary/aromatic N) is 2. The molecule has 0 aliphatic rings. The van der Waals surface area contributed by atoms with Crippen LogP contribution in [0.25, 0.3) is 0 Å². The van der Waals surface area contributed by atoms with Gasteiger partial charge in [0.25, 0.3) is 0 Å². The molecule has 2 rings (SSSR count).